The van der Waals surface area contributed by atoms with Crippen LogP contribution >= 0.6 is 0 Å². The normalized spacial score (nSPS) is 11.7. The quantitative estimate of drug-likeness (QED) is 0.720. The number of para-hydroxylation sites is 3. The minimum absolute atomic E-state index is 0.198. The second-order valence-corrected chi connectivity index (χ2v) is 5.34. The smallest absolute Gasteiger partial charge is 0.209 e. The molecule has 1 aromatic heterocycles. The van der Waals surface area contributed by atoms with Crippen molar-refractivity contribution in [1.29, 1.82) is 0 Å². The highest BCUT2D eigenvalue weighted by atomic mass is 16.5. The van der Waals surface area contributed by atoms with Gasteiger partial charge in [-0.05, 0) is 36.5 Å². The molecule has 0 aliphatic rings. The molecule has 0 aliphatic carbocycles. The van der Waals surface area contributed by atoms with E-state index in [0.29, 0.717) is 22.8 Å². The van der Waals surface area contributed by atoms with Gasteiger partial charge < -0.3 is 10.5 Å². The number of rotatable bonds is 5. The average Bonchev–Trinajstić information content (AvgIpc) is 2.69. The molecule has 0 bridgehead atoms. The van der Waals surface area contributed by atoms with Crippen LogP contribution in [0.5, 0.6) is 5.75 Å². The number of hydrogen-bond donors (Lipinski definition) is 1. The molecule has 0 saturated carbocycles. The third-order valence-corrected chi connectivity index (χ3v) is 3.64. The van der Waals surface area contributed by atoms with Crippen LogP contribution in [0.3, 0.4) is 0 Å². The van der Waals surface area contributed by atoms with Gasteiger partial charge in [0.05, 0.1) is 18.5 Å². The summed E-state index contributed by atoms with van der Waals surface area (Å²) in [5.41, 5.74) is 7.30. The van der Waals surface area contributed by atoms with Crippen molar-refractivity contribution in [2.24, 2.45) is 10.7 Å². The van der Waals surface area contributed by atoms with Crippen molar-refractivity contribution in [3.8, 4) is 11.4 Å². The molecule has 0 spiro atoms. The summed E-state index contributed by atoms with van der Waals surface area (Å²) in [6, 6.07) is 18.2. The predicted octanol–water partition coefficient (Wildman–Crippen LogP) is 2.83. The van der Waals surface area contributed by atoms with Crippen LogP contribution in [0, 0.1) is 0 Å². The van der Waals surface area contributed by atoms with E-state index < -0.39 is 0 Å². The van der Waals surface area contributed by atoms with Gasteiger partial charge in [0, 0.05) is 12.3 Å². The lowest BCUT2D eigenvalue weighted by Gasteiger charge is -2.11. The highest BCUT2D eigenvalue weighted by molar-refractivity contribution is 6.08. The molecule has 1 heterocycles. The fourth-order valence-corrected chi connectivity index (χ4v) is 2.44. The Balaban J connectivity index is 2.14. The Morgan fingerprint density at radius 2 is 1.85 bits per heavy atom. The van der Waals surface area contributed by atoms with Crippen molar-refractivity contribution in [1.82, 2.24) is 9.78 Å². The largest absolute Gasteiger partial charge is 0.494 e. The summed E-state index contributed by atoms with van der Waals surface area (Å²) >= 11 is 0. The number of nitrogens with two attached hydrogens (primary N) is 1. The molecule has 130 valence electrons. The Bertz CT molecular complexity index is 1010. The highest BCUT2D eigenvalue weighted by Gasteiger charge is 2.11. The molecular weight excluding hydrogens is 328 g/mol. The monoisotopic (exact) mass is 346 g/mol. The van der Waals surface area contributed by atoms with Gasteiger partial charge in [-0.25, -0.2) is 9.67 Å². The summed E-state index contributed by atoms with van der Waals surface area (Å²) in [5, 5.41) is 4.45. The molecule has 6 nitrogen and oxygen atoms in total. The predicted molar refractivity (Wildman–Crippen MR) is 102 cm³/mol. The first-order chi connectivity index (χ1) is 12.7. The summed E-state index contributed by atoms with van der Waals surface area (Å²) in [6.07, 6.45) is 4.49. The van der Waals surface area contributed by atoms with Crippen molar-refractivity contribution in [3.63, 3.8) is 0 Å². The Hall–Kier alpha value is -3.67. The van der Waals surface area contributed by atoms with Crippen LogP contribution in [-0.2, 0) is 0 Å². The molecule has 0 unspecified atom stereocenters. The summed E-state index contributed by atoms with van der Waals surface area (Å²) < 4.78 is 6.95. The zero-order chi connectivity index (χ0) is 18.4. The Morgan fingerprint density at radius 1 is 1.12 bits per heavy atom. The maximum absolute atomic E-state index is 12.4. The third kappa shape index (κ3) is 3.70. The second-order valence-electron chi connectivity index (χ2n) is 5.34. The number of benzene rings is 2. The van der Waals surface area contributed by atoms with Gasteiger partial charge in [0.2, 0.25) is 5.43 Å². The van der Waals surface area contributed by atoms with Gasteiger partial charge in [-0.15, -0.1) is 0 Å². The number of allylic oxidation sites excluding steroid dienone is 1. The Labute approximate surface area is 150 Å². The van der Waals surface area contributed by atoms with Crippen molar-refractivity contribution >= 4 is 11.4 Å². The lowest BCUT2D eigenvalue weighted by molar-refractivity contribution is 0.411. The van der Waals surface area contributed by atoms with E-state index in [2.05, 4.69) is 10.1 Å². The van der Waals surface area contributed by atoms with Gasteiger partial charge in [0.25, 0.3) is 0 Å². The fraction of sp³-hybridized carbons (Fsp3) is 0.0500. The van der Waals surface area contributed by atoms with Gasteiger partial charge in [-0.1, -0.05) is 30.3 Å². The van der Waals surface area contributed by atoms with E-state index in [9.17, 15) is 4.79 Å². The van der Waals surface area contributed by atoms with Gasteiger partial charge in [0.15, 0.2) is 5.69 Å². The first-order valence-electron chi connectivity index (χ1n) is 7.98. The maximum Gasteiger partial charge on any atom is 0.209 e. The molecule has 6 heteroatoms. The van der Waals surface area contributed by atoms with Crippen LogP contribution < -0.4 is 15.9 Å². The van der Waals surface area contributed by atoms with E-state index in [1.54, 1.807) is 24.1 Å². The van der Waals surface area contributed by atoms with Crippen LogP contribution in [0.1, 0.15) is 5.69 Å². The molecule has 0 fully saturated rings. The van der Waals surface area contributed by atoms with Crippen molar-refractivity contribution in [2.75, 3.05) is 7.11 Å². The topological polar surface area (TPSA) is 82.5 Å². The molecular formula is C20H18N4O2. The summed E-state index contributed by atoms with van der Waals surface area (Å²) in [4.78, 5) is 16.9. The summed E-state index contributed by atoms with van der Waals surface area (Å²) in [7, 11) is 1.59. The number of aliphatic imine (C=N–C) groups is 1. The first-order valence-corrected chi connectivity index (χ1v) is 7.98. The van der Waals surface area contributed by atoms with Crippen LogP contribution in [0.2, 0.25) is 0 Å². The molecule has 0 radical (unpaired) electrons. The molecule has 0 saturated heterocycles. The van der Waals surface area contributed by atoms with E-state index in [0.717, 1.165) is 0 Å². The zero-order valence-corrected chi connectivity index (χ0v) is 14.2. The number of aromatic nitrogens is 2. The minimum atomic E-state index is -0.246. The van der Waals surface area contributed by atoms with E-state index >= 15 is 0 Å². The van der Waals surface area contributed by atoms with Crippen LogP contribution in [0.4, 0.5) is 5.69 Å². The lowest BCUT2D eigenvalue weighted by atomic mass is 10.2. The SMILES string of the molecule is COc1ccccc1-n1ccc(=O)c(C(C=CN)=Nc2ccccc2)n1. The van der Waals surface area contributed by atoms with Crippen molar-refractivity contribution in [3.05, 3.63) is 95.1 Å². The van der Waals surface area contributed by atoms with Gasteiger partial charge in [0.1, 0.15) is 11.4 Å². The number of hydrogen-bond acceptors (Lipinski definition) is 5. The van der Waals surface area contributed by atoms with Gasteiger partial charge in [-0.3, -0.25) is 4.79 Å². The summed E-state index contributed by atoms with van der Waals surface area (Å²) in [5.74, 6) is 0.644. The standard InChI is InChI=1S/C20H18N4O2/c1-26-19-10-6-5-9-17(19)24-14-12-18(25)20(23-24)16(11-13-21)22-15-7-3-2-4-8-15/h2-14H,21H2,1H3. The second kappa shape index (κ2) is 7.94. The van der Waals surface area contributed by atoms with E-state index in [1.165, 1.54) is 12.3 Å². The number of ether oxygens (including phenoxy) is 1. The molecule has 0 aliphatic heterocycles. The maximum atomic E-state index is 12.4. The molecule has 2 aromatic carbocycles. The third-order valence-electron chi connectivity index (χ3n) is 3.64. The van der Waals surface area contributed by atoms with Gasteiger partial charge in [-0.2, -0.15) is 5.10 Å². The fourth-order valence-electron chi connectivity index (χ4n) is 2.44. The van der Waals surface area contributed by atoms with E-state index in [4.69, 9.17) is 10.5 Å². The Kier molecular flexibility index (Phi) is 5.24. The van der Waals surface area contributed by atoms with Crippen molar-refractivity contribution < 1.29 is 4.74 Å². The molecule has 2 N–H and O–H groups in total. The van der Waals surface area contributed by atoms with Crippen molar-refractivity contribution in [2.45, 2.75) is 0 Å². The highest BCUT2D eigenvalue weighted by Crippen LogP contribution is 2.20. The zero-order valence-electron chi connectivity index (χ0n) is 14.2. The lowest BCUT2D eigenvalue weighted by Crippen LogP contribution is -2.20. The molecule has 26 heavy (non-hydrogen) atoms. The average molecular weight is 346 g/mol. The minimum Gasteiger partial charge on any atom is -0.494 e. The molecule has 3 rings (SSSR count). The number of nitrogens with zero attached hydrogens (tertiary/aromatic N) is 3. The Morgan fingerprint density at radius 3 is 2.58 bits per heavy atom. The first kappa shape index (κ1) is 17.2. The molecule has 3 aromatic rings. The summed E-state index contributed by atoms with van der Waals surface area (Å²) in [6.45, 7) is 0. The van der Waals surface area contributed by atoms with Crippen LogP contribution in [0.25, 0.3) is 5.69 Å². The molecule has 0 atom stereocenters. The van der Waals surface area contributed by atoms with E-state index in [-0.39, 0.29) is 11.1 Å². The van der Waals surface area contributed by atoms with Crippen LogP contribution in [-0.4, -0.2) is 22.6 Å². The van der Waals surface area contributed by atoms with Gasteiger partial charge >= 0.3 is 0 Å². The number of methoxy groups -OCH3 is 1. The molecule has 0 amide bonds. The van der Waals surface area contributed by atoms with Crippen LogP contribution in [0.15, 0.2) is 88.9 Å². The van der Waals surface area contributed by atoms with E-state index in [1.807, 2.05) is 54.6 Å².